The van der Waals surface area contributed by atoms with E-state index in [0.717, 1.165) is 32.5 Å². The van der Waals surface area contributed by atoms with Crippen molar-refractivity contribution in [3.63, 3.8) is 0 Å². The van der Waals surface area contributed by atoms with Crippen molar-refractivity contribution in [3.8, 4) is 0 Å². The first kappa shape index (κ1) is 20.3. The number of rotatable bonds is 8. The highest BCUT2D eigenvalue weighted by molar-refractivity contribution is 5.90. The van der Waals surface area contributed by atoms with Crippen molar-refractivity contribution in [1.82, 2.24) is 16.0 Å². The summed E-state index contributed by atoms with van der Waals surface area (Å²) in [6.07, 6.45) is 0.975. The van der Waals surface area contributed by atoms with Crippen LogP contribution in [0.5, 0.6) is 0 Å². The second kappa shape index (κ2) is 9.70. The highest BCUT2D eigenvalue weighted by atomic mass is 19.1. The van der Waals surface area contributed by atoms with Crippen molar-refractivity contribution in [2.75, 3.05) is 49.5 Å². The zero-order valence-electron chi connectivity index (χ0n) is 16.1. The Bertz CT molecular complexity index is 696. The van der Waals surface area contributed by atoms with E-state index in [1.165, 1.54) is 17.9 Å². The molecule has 1 unspecified atom stereocenters. The number of halogens is 1. The molecule has 0 aliphatic carbocycles. The number of ether oxygens (including phenoxy) is 1. The fraction of sp³-hybridized carbons (Fsp3) is 0.579. The van der Waals surface area contributed by atoms with Gasteiger partial charge in [0.15, 0.2) is 0 Å². The molecule has 2 aliphatic heterocycles. The van der Waals surface area contributed by atoms with Gasteiger partial charge in [-0.25, -0.2) is 9.18 Å². The smallest absolute Gasteiger partial charge is 0.414 e. The molecule has 2 saturated heterocycles. The molecule has 2 heterocycles. The van der Waals surface area contributed by atoms with Crippen LogP contribution < -0.4 is 26.2 Å². The first-order chi connectivity index (χ1) is 13.5. The molecule has 154 valence electrons. The van der Waals surface area contributed by atoms with Crippen molar-refractivity contribution < 1.29 is 18.7 Å². The third kappa shape index (κ3) is 5.56. The predicted molar refractivity (Wildman–Crippen MR) is 105 cm³/mol. The molecule has 8 nitrogen and oxygen atoms in total. The van der Waals surface area contributed by atoms with E-state index in [2.05, 4.69) is 21.3 Å². The van der Waals surface area contributed by atoms with Crippen molar-refractivity contribution >= 4 is 23.4 Å². The third-order valence-corrected chi connectivity index (χ3v) is 4.89. The molecule has 3 rings (SSSR count). The minimum atomic E-state index is -0.538. The van der Waals surface area contributed by atoms with E-state index in [1.807, 2.05) is 0 Å². The Morgan fingerprint density at radius 1 is 1.39 bits per heavy atom. The number of nitrogens with one attached hydrogen (secondary N) is 4. The maximum atomic E-state index is 14.4. The molecular weight excluding hydrogens is 365 g/mol. The SMILES string of the molecule is CC(=O)NC[C@H]1CN(c2ccc(NCCCC3CNCCN3)c(F)c2)C(=O)O1. The van der Waals surface area contributed by atoms with Gasteiger partial charge in [0.1, 0.15) is 11.9 Å². The number of hydrogen-bond acceptors (Lipinski definition) is 6. The van der Waals surface area contributed by atoms with Crippen LogP contribution in [0.4, 0.5) is 20.6 Å². The highest BCUT2D eigenvalue weighted by Gasteiger charge is 2.32. The summed E-state index contributed by atoms with van der Waals surface area (Å²) < 4.78 is 19.7. The average molecular weight is 393 g/mol. The summed E-state index contributed by atoms with van der Waals surface area (Å²) in [5.74, 6) is -0.598. The summed E-state index contributed by atoms with van der Waals surface area (Å²) in [7, 11) is 0. The molecule has 28 heavy (non-hydrogen) atoms. The van der Waals surface area contributed by atoms with E-state index in [9.17, 15) is 14.0 Å². The minimum Gasteiger partial charge on any atom is -0.442 e. The molecule has 9 heteroatoms. The maximum Gasteiger partial charge on any atom is 0.414 e. The monoisotopic (exact) mass is 393 g/mol. The standard InChI is InChI=1S/C19H28FN5O3/c1-13(26)24-11-16-12-25(19(27)28-16)15-4-5-18(17(20)9-15)23-6-2-3-14-10-21-7-8-22-14/h4-5,9,14,16,21-23H,2-3,6-8,10-12H2,1H3,(H,24,26)/t14?,16-/m0/s1. The lowest BCUT2D eigenvalue weighted by Crippen LogP contribution is -2.48. The Morgan fingerprint density at radius 2 is 2.25 bits per heavy atom. The van der Waals surface area contributed by atoms with Crippen LogP contribution in [0.2, 0.25) is 0 Å². The number of amides is 2. The Labute approximate surface area is 164 Å². The molecular formula is C19H28FN5O3. The van der Waals surface area contributed by atoms with Crippen molar-refractivity contribution in [1.29, 1.82) is 0 Å². The minimum absolute atomic E-state index is 0.188. The molecule has 2 atom stereocenters. The van der Waals surface area contributed by atoms with E-state index >= 15 is 0 Å². The number of piperazine rings is 1. The number of benzene rings is 1. The summed E-state index contributed by atoms with van der Waals surface area (Å²) in [5, 5.41) is 12.5. The zero-order chi connectivity index (χ0) is 19.9. The third-order valence-electron chi connectivity index (χ3n) is 4.89. The molecule has 2 fully saturated rings. The quantitative estimate of drug-likeness (QED) is 0.493. The second-order valence-corrected chi connectivity index (χ2v) is 7.14. The first-order valence-electron chi connectivity index (χ1n) is 9.73. The Morgan fingerprint density at radius 3 is 2.96 bits per heavy atom. The van der Waals surface area contributed by atoms with Gasteiger partial charge in [0.25, 0.3) is 0 Å². The Kier molecular flexibility index (Phi) is 7.05. The molecule has 0 bridgehead atoms. The fourth-order valence-electron chi connectivity index (χ4n) is 3.40. The molecule has 1 aromatic carbocycles. The number of hydrogen-bond donors (Lipinski definition) is 4. The van der Waals surface area contributed by atoms with Crippen LogP contribution in [0.1, 0.15) is 19.8 Å². The van der Waals surface area contributed by atoms with Crippen molar-refractivity contribution in [2.24, 2.45) is 0 Å². The molecule has 2 aliphatic rings. The van der Waals surface area contributed by atoms with Gasteiger partial charge in [-0.05, 0) is 31.0 Å². The summed E-state index contributed by atoms with van der Waals surface area (Å²) in [4.78, 5) is 24.4. The lowest BCUT2D eigenvalue weighted by Gasteiger charge is -2.24. The molecule has 0 aromatic heterocycles. The number of carbonyl (C=O) groups is 2. The number of cyclic esters (lactones) is 1. The lowest BCUT2D eigenvalue weighted by molar-refractivity contribution is -0.119. The van der Waals surface area contributed by atoms with Crippen LogP contribution in [0.3, 0.4) is 0 Å². The Balaban J connectivity index is 1.48. The van der Waals surface area contributed by atoms with E-state index in [1.54, 1.807) is 12.1 Å². The predicted octanol–water partition coefficient (Wildman–Crippen LogP) is 1.04. The summed E-state index contributed by atoms with van der Waals surface area (Å²) in [5.41, 5.74) is 0.858. The van der Waals surface area contributed by atoms with Gasteiger partial charge in [-0.15, -0.1) is 0 Å². The van der Waals surface area contributed by atoms with Gasteiger partial charge in [0, 0.05) is 39.1 Å². The van der Waals surface area contributed by atoms with Gasteiger partial charge in [-0.3, -0.25) is 9.69 Å². The second-order valence-electron chi connectivity index (χ2n) is 7.14. The lowest BCUT2D eigenvalue weighted by atomic mass is 10.1. The van der Waals surface area contributed by atoms with Gasteiger partial charge in [0.2, 0.25) is 5.91 Å². The number of nitrogens with zero attached hydrogens (tertiary/aromatic N) is 1. The molecule has 0 spiro atoms. The van der Waals surface area contributed by atoms with Gasteiger partial charge >= 0.3 is 6.09 Å². The van der Waals surface area contributed by atoms with E-state index in [-0.39, 0.29) is 19.0 Å². The van der Waals surface area contributed by atoms with Gasteiger partial charge in [0.05, 0.1) is 24.5 Å². The summed E-state index contributed by atoms with van der Waals surface area (Å²) in [6, 6.07) is 5.13. The topological polar surface area (TPSA) is 94.7 Å². The van der Waals surface area contributed by atoms with E-state index < -0.39 is 18.0 Å². The van der Waals surface area contributed by atoms with E-state index in [4.69, 9.17) is 4.74 Å². The van der Waals surface area contributed by atoms with Crippen LogP contribution in [0.15, 0.2) is 18.2 Å². The van der Waals surface area contributed by atoms with Gasteiger partial charge in [-0.1, -0.05) is 0 Å². The Hall–Kier alpha value is -2.39. The molecule has 1 aromatic rings. The molecule has 4 N–H and O–H groups in total. The molecule has 0 radical (unpaired) electrons. The summed E-state index contributed by atoms with van der Waals surface area (Å²) >= 11 is 0. The van der Waals surface area contributed by atoms with Gasteiger partial charge < -0.3 is 26.0 Å². The van der Waals surface area contributed by atoms with Crippen molar-refractivity contribution in [2.45, 2.75) is 31.9 Å². The molecule has 2 amide bonds. The highest BCUT2D eigenvalue weighted by Crippen LogP contribution is 2.26. The molecule has 0 saturated carbocycles. The van der Waals surface area contributed by atoms with Gasteiger partial charge in [-0.2, -0.15) is 0 Å². The van der Waals surface area contributed by atoms with Crippen LogP contribution in [-0.4, -0.2) is 63.4 Å². The normalized spacial score (nSPS) is 22.1. The number of carbonyl (C=O) groups excluding carboxylic acids is 2. The maximum absolute atomic E-state index is 14.4. The summed E-state index contributed by atoms with van der Waals surface area (Å²) in [6.45, 7) is 5.55. The van der Waals surface area contributed by atoms with Crippen LogP contribution in [0, 0.1) is 5.82 Å². The first-order valence-corrected chi connectivity index (χ1v) is 9.73. The average Bonchev–Trinajstić information content (AvgIpc) is 3.06. The zero-order valence-corrected chi connectivity index (χ0v) is 16.1. The van der Waals surface area contributed by atoms with Crippen LogP contribution in [-0.2, 0) is 9.53 Å². The van der Waals surface area contributed by atoms with Crippen LogP contribution in [0.25, 0.3) is 0 Å². The van der Waals surface area contributed by atoms with Crippen molar-refractivity contribution in [3.05, 3.63) is 24.0 Å². The fourth-order valence-corrected chi connectivity index (χ4v) is 3.40. The van der Waals surface area contributed by atoms with Crippen LogP contribution >= 0.6 is 0 Å². The number of anilines is 2. The largest absolute Gasteiger partial charge is 0.442 e. The van der Waals surface area contributed by atoms with E-state index in [0.29, 0.717) is 24.0 Å².